The van der Waals surface area contributed by atoms with Crippen molar-refractivity contribution in [3.63, 3.8) is 0 Å². The van der Waals surface area contributed by atoms with Gasteiger partial charge in [0, 0.05) is 38.4 Å². The van der Waals surface area contributed by atoms with Crippen LogP contribution in [0.3, 0.4) is 0 Å². The molecule has 2 aliphatic heterocycles. The van der Waals surface area contributed by atoms with Gasteiger partial charge in [0.25, 0.3) is 0 Å². The van der Waals surface area contributed by atoms with Crippen molar-refractivity contribution in [1.29, 1.82) is 0 Å². The number of thioether (sulfide) groups is 1. The third-order valence-corrected chi connectivity index (χ3v) is 6.20. The lowest BCUT2D eigenvalue weighted by Gasteiger charge is -2.33. The molecule has 1 N–H and O–H groups in total. The van der Waals surface area contributed by atoms with Gasteiger partial charge in [0.05, 0.1) is 0 Å². The summed E-state index contributed by atoms with van der Waals surface area (Å²) in [6.45, 7) is 8.06. The Bertz CT molecular complexity index is 374. The second-order valence-corrected chi connectivity index (χ2v) is 7.20. The Balaban J connectivity index is 1.69. The van der Waals surface area contributed by atoms with E-state index in [-0.39, 0.29) is 0 Å². The largest absolute Gasteiger partial charge is 0.364 e. The lowest BCUT2D eigenvalue weighted by atomic mass is 9.84. The topological polar surface area (TPSA) is 44.7 Å². The number of amidine groups is 1. The molecule has 0 aromatic rings. The Morgan fingerprint density at radius 3 is 2.57 bits per heavy atom. The Morgan fingerprint density at radius 2 is 2.00 bits per heavy atom. The number of rotatable bonds is 5. The molecule has 0 saturated carbocycles. The van der Waals surface area contributed by atoms with Gasteiger partial charge in [0.1, 0.15) is 0 Å². The molecule has 0 bridgehead atoms. The van der Waals surface area contributed by atoms with Crippen LogP contribution < -0.4 is 5.32 Å². The third-order valence-electron chi connectivity index (χ3n) is 4.90. The van der Waals surface area contributed by atoms with E-state index in [1.807, 2.05) is 16.7 Å². The van der Waals surface area contributed by atoms with Crippen LogP contribution in [0.4, 0.5) is 0 Å². The molecule has 2 rings (SSSR count). The summed E-state index contributed by atoms with van der Waals surface area (Å²) in [4.78, 5) is 18.8. The first-order valence-corrected chi connectivity index (χ1v) is 9.36. The van der Waals surface area contributed by atoms with E-state index in [9.17, 15) is 4.79 Å². The molecule has 2 heterocycles. The summed E-state index contributed by atoms with van der Waals surface area (Å²) in [5.41, 5.74) is 0.388. The van der Waals surface area contributed by atoms with Crippen LogP contribution in [0.5, 0.6) is 0 Å². The van der Waals surface area contributed by atoms with E-state index in [1.54, 1.807) is 0 Å². The summed E-state index contributed by atoms with van der Waals surface area (Å²) in [6.07, 6.45) is 6.58. The Hall–Kier alpha value is -0.710. The maximum atomic E-state index is 12.1. The van der Waals surface area contributed by atoms with Crippen LogP contribution in [0.2, 0.25) is 0 Å². The maximum Gasteiger partial charge on any atom is 0.224 e. The van der Waals surface area contributed by atoms with Crippen molar-refractivity contribution in [1.82, 2.24) is 10.2 Å². The minimum absolute atomic E-state index is 0.292. The van der Waals surface area contributed by atoms with Crippen LogP contribution in [0.1, 0.15) is 52.4 Å². The van der Waals surface area contributed by atoms with Gasteiger partial charge in [-0.25, -0.2) is 0 Å². The smallest absolute Gasteiger partial charge is 0.224 e. The van der Waals surface area contributed by atoms with E-state index in [1.165, 1.54) is 19.3 Å². The van der Waals surface area contributed by atoms with Crippen molar-refractivity contribution < 1.29 is 4.79 Å². The summed E-state index contributed by atoms with van der Waals surface area (Å²) in [5, 5.41) is 4.37. The summed E-state index contributed by atoms with van der Waals surface area (Å²) in [7, 11) is 0. The lowest BCUT2D eigenvalue weighted by Crippen LogP contribution is -2.38. The van der Waals surface area contributed by atoms with E-state index in [4.69, 9.17) is 0 Å². The number of amides is 1. The average Bonchev–Trinajstić information content (AvgIpc) is 2.56. The molecule has 1 fully saturated rings. The number of piperidine rings is 1. The van der Waals surface area contributed by atoms with Gasteiger partial charge in [0.2, 0.25) is 5.91 Å². The quantitative estimate of drug-likeness (QED) is 0.849. The summed E-state index contributed by atoms with van der Waals surface area (Å²) >= 11 is 1.82. The van der Waals surface area contributed by atoms with Crippen molar-refractivity contribution in [2.24, 2.45) is 10.4 Å². The highest BCUT2D eigenvalue weighted by Gasteiger charge is 2.30. The van der Waals surface area contributed by atoms with Crippen LogP contribution in [-0.2, 0) is 4.79 Å². The predicted octanol–water partition coefficient (Wildman–Crippen LogP) is 2.89. The Labute approximate surface area is 133 Å². The molecule has 0 spiro atoms. The fraction of sp³-hybridized carbons (Fsp3) is 0.875. The van der Waals surface area contributed by atoms with E-state index in [0.29, 0.717) is 24.3 Å². The summed E-state index contributed by atoms with van der Waals surface area (Å²) in [6, 6.07) is 0. The molecular formula is C16H29N3OS. The number of likely N-dealkylation sites (tertiary alicyclic amines) is 1. The molecule has 0 aromatic heterocycles. The fourth-order valence-corrected chi connectivity index (χ4v) is 4.22. The van der Waals surface area contributed by atoms with Gasteiger partial charge in [0.15, 0.2) is 5.17 Å². The Morgan fingerprint density at radius 1 is 1.29 bits per heavy atom. The monoisotopic (exact) mass is 311 g/mol. The molecule has 120 valence electrons. The van der Waals surface area contributed by atoms with Gasteiger partial charge in [-0.1, -0.05) is 25.6 Å². The molecule has 1 amide bonds. The maximum absolute atomic E-state index is 12.1. The zero-order valence-corrected chi connectivity index (χ0v) is 14.3. The van der Waals surface area contributed by atoms with Gasteiger partial charge in [-0.15, -0.1) is 0 Å². The lowest BCUT2D eigenvalue weighted by molar-refractivity contribution is -0.131. The van der Waals surface area contributed by atoms with Crippen molar-refractivity contribution in [2.45, 2.75) is 52.4 Å². The highest BCUT2D eigenvalue weighted by molar-refractivity contribution is 8.13. The standard InChI is InChI=1S/C16H29N3OS/c1-3-16(4-2)12-18-15(21-13-16)17-9-8-14(20)19-10-6-5-7-11-19/h3-13H2,1-2H3,(H,17,18). The van der Waals surface area contributed by atoms with Crippen molar-refractivity contribution in [3.8, 4) is 0 Å². The number of hydrogen-bond donors (Lipinski definition) is 1. The van der Waals surface area contributed by atoms with E-state index >= 15 is 0 Å². The summed E-state index contributed by atoms with van der Waals surface area (Å²) < 4.78 is 0. The van der Waals surface area contributed by atoms with Gasteiger partial charge in [-0.3, -0.25) is 9.79 Å². The van der Waals surface area contributed by atoms with Crippen molar-refractivity contribution in [2.75, 3.05) is 31.9 Å². The van der Waals surface area contributed by atoms with Gasteiger partial charge < -0.3 is 10.2 Å². The van der Waals surface area contributed by atoms with Gasteiger partial charge >= 0.3 is 0 Å². The average molecular weight is 311 g/mol. The molecule has 0 radical (unpaired) electrons. The first kappa shape index (κ1) is 16.7. The number of nitrogens with one attached hydrogen (secondary N) is 1. The molecule has 2 aliphatic rings. The SMILES string of the molecule is CCC1(CC)CN=C(NCCC(=O)N2CCCCC2)SC1. The number of carbonyl (C=O) groups is 1. The molecule has 5 heteroatoms. The van der Waals surface area contributed by atoms with Crippen LogP contribution >= 0.6 is 11.8 Å². The van der Waals surface area contributed by atoms with Crippen LogP contribution in [0.25, 0.3) is 0 Å². The molecular weight excluding hydrogens is 282 g/mol. The number of aliphatic imine (C=N–C) groups is 1. The van der Waals surface area contributed by atoms with Gasteiger partial charge in [-0.2, -0.15) is 0 Å². The zero-order chi connectivity index (χ0) is 15.1. The van der Waals surface area contributed by atoms with Crippen molar-refractivity contribution in [3.05, 3.63) is 0 Å². The molecule has 21 heavy (non-hydrogen) atoms. The van der Waals surface area contributed by atoms with E-state index in [2.05, 4.69) is 24.2 Å². The second kappa shape index (κ2) is 8.06. The van der Waals surface area contributed by atoms with Crippen LogP contribution in [0.15, 0.2) is 4.99 Å². The van der Waals surface area contributed by atoms with Gasteiger partial charge in [-0.05, 0) is 37.5 Å². The highest BCUT2D eigenvalue weighted by atomic mass is 32.2. The number of nitrogens with zero attached hydrogens (tertiary/aromatic N) is 2. The minimum Gasteiger partial charge on any atom is -0.364 e. The first-order valence-electron chi connectivity index (χ1n) is 8.38. The molecule has 1 saturated heterocycles. The molecule has 0 aromatic carbocycles. The van der Waals surface area contributed by atoms with E-state index < -0.39 is 0 Å². The highest BCUT2D eigenvalue weighted by Crippen LogP contribution is 2.34. The number of carbonyl (C=O) groups excluding carboxylic acids is 1. The minimum atomic E-state index is 0.292. The summed E-state index contributed by atoms with van der Waals surface area (Å²) in [5.74, 6) is 1.44. The normalized spacial score (nSPS) is 21.8. The van der Waals surface area contributed by atoms with E-state index in [0.717, 1.165) is 43.4 Å². The van der Waals surface area contributed by atoms with Crippen LogP contribution in [0, 0.1) is 5.41 Å². The second-order valence-electron chi connectivity index (χ2n) is 6.24. The predicted molar refractivity (Wildman–Crippen MR) is 90.8 cm³/mol. The third kappa shape index (κ3) is 4.63. The molecule has 4 nitrogen and oxygen atoms in total. The number of hydrogen-bond acceptors (Lipinski definition) is 4. The zero-order valence-electron chi connectivity index (χ0n) is 13.5. The fourth-order valence-electron chi connectivity index (χ4n) is 2.91. The van der Waals surface area contributed by atoms with Crippen molar-refractivity contribution >= 4 is 22.8 Å². The molecule has 0 aliphatic carbocycles. The first-order chi connectivity index (χ1) is 10.2. The Kier molecular flexibility index (Phi) is 6.40. The molecule has 0 unspecified atom stereocenters. The molecule has 0 atom stereocenters. The van der Waals surface area contributed by atoms with Crippen LogP contribution in [-0.4, -0.2) is 47.9 Å².